The lowest BCUT2D eigenvalue weighted by molar-refractivity contribution is -0.137. The summed E-state index contributed by atoms with van der Waals surface area (Å²) in [6.45, 7) is 3.82. The molecule has 0 aromatic heterocycles. The van der Waals surface area contributed by atoms with Crippen LogP contribution in [0.4, 0.5) is 0 Å². The minimum absolute atomic E-state index is 0.0599. The SMILES string of the molecule is CC[C@]12C=CCN3CC[C@]4(C(=C(C(=O)OC)C1)NC1=CC(=O)C=C[C@]14O)[C@@H]32. The number of hydrogen-bond acceptors (Lipinski definition) is 6. The molecule has 6 nitrogen and oxygen atoms in total. The van der Waals surface area contributed by atoms with Gasteiger partial charge < -0.3 is 15.2 Å². The predicted molar refractivity (Wildman–Crippen MR) is 98.2 cm³/mol. The average Bonchev–Trinajstić information content (AvgIpc) is 3.19. The van der Waals surface area contributed by atoms with E-state index < -0.39 is 11.0 Å². The fourth-order valence-corrected chi connectivity index (χ4v) is 6.32. The number of methoxy groups -OCH3 is 1. The number of aliphatic hydroxyl groups is 1. The molecule has 2 fully saturated rings. The Morgan fingerprint density at radius 3 is 3.00 bits per heavy atom. The maximum Gasteiger partial charge on any atom is 0.335 e. The van der Waals surface area contributed by atoms with E-state index in [4.69, 9.17) is 4.74 Å². The molecule has 0 aromatic carbocycles. The Morgan fingerprint density at radius 2 is 2.26 bits per heavy atom. The zero-order valence-electron chi connectivity index (χ0n) is 15.6. The van der Waals surface area contributed by atoms with Crippen molar-refractivity contribution in [3.63, 3.8) is 0 Å². The van der Waals surface area contributed by atoms with Crippen LogP contribution >= 0.6 is 0 Å². The third-order valence-corrected chi connectivity index (χ3v) is 7.43. The van der Waals surface area contributed by atoms with E-state index in [-0.39, 0.29) is 23.2 Å². The molecule has 5 aliphatic rings. The number of ketones is 1. The van der Waals surface area contributed by atoms with Crippen LogP contribution in [-0.2, 0) is 14.3 Å². The molecular formula is C21H24N2O4. The van der Waals surface area contributed by atoms with Gasteiger partial charge in [0.1, 0.15) is 5.60 Å². The molecule has 1 spiro atoms. The number of rotatable bonds is 2. The van der Waals surface area contributed by atoms with Gasteiger partial charge in [-0.1, -0.05) is 19.1 Å². The minimum Gasteiger partial charge on any atom is -0.466 e. The first kappa shape index (κ1) is 17.0. The molecular weight excluding hydrogens is 344 g/mol. The molecule has 2 aliphatic carbocycles. The number of carbonyl (C=O) groups is 2. The van der Waals surface area contributed by atoms with E-state index in [2.05, 4.69) is 29.3 Å². The van der Waals surface area contributed by atoms with Crippen molar-refractivity contribution in [2.24, 2.45) is 10.8 Å². The van der Waals surface area contributed by atoms with E-state index in [1.807, 2.05) is 0 Å². The second-order valence-electron chi connectivity index (χ2n) is 8.31. The van der Waals surface area contributed by atoms with Gasteiger partial charge in [0.2, 0.25) is 0 Å². The number of esters is 1. The van der Waals surface area contributed by atoms with Gasteiger partial charge in [-0.25, -0.2) is 4.79 Å². The van der Waals surface area contributed by atoms with Crippen LogP contribution in [0.25, 0.3) is 0 Å². The smallest absolute Gasteiger partial charge is 0.335 e. The summed E-state index contributed by atoms with van der Waals surface area (Å²) < 4.78 is 5.12. The van der Waals surface area contributed by atoms with Crippen molar-refractivity contribution in [2.45, 2.75) is 37.8 Å². The molecule has 0 amide bonds. The first-order valence-corrected chi connectivity index (χ1v) is 9.60. The van der Waals surface area contributed by atoms with Crippen LogP contribution in [0, 0.1) is 10.8 Å². The zero-order chi connectivity index (χ0) is 19.0. The summed E-state index contributed by atoms with van der Waals surface area (Å²) in [5, 5.41) is 15.2. The zero-order valence-corrected chi connectivity index (χ0v) is 15.6. The number of allylic oxidation sites excluding steroid dienone is 2. The number of fused-ring (bicyclic) bond motifs is 1. The largest absolute Gasteiger partial charge is 0.466 e. The van der Waals surface area contributed by atoms with Gasteiger partial charge in [0.25, 0.3) is 0 Å². The number of nitrogens with zero attached hydrogens (tertiary/aromatic N) is 1. The van der Waals surface area contributed by atoms with Crippen LogP contribution in [0.1, 0.15) is 26.2 Å². The van der Waals surface area contributed by atoms with E-state index in [0.29, 0.717) is 17.7 Å². The van der Waals surface area contributed by atoms with Gasteiger partial charge >= 0.3 is 5.97 Å². The van der Waals surface area contributed by atoms with Crippen molar-refractivity contribution < 1.29 is 19.4 Å². The standard InChI is InChI=1S/C21H24N2O4/c1-3-19-6-4-9-23-10-8-20(18(19)23)16(14(12-19)17(25)27-2)22-15-11-13(24)5-7-21(15,20)26/h4-7,11,18,22,26H,3,8-10,12H2,1-2H3/t18-,19-,20-,21-/m0/s1. The number of carbonyl (C=O) groups excluding carboxylic acids is 2. The summed E-state index contributed by atoms with van der Waals surface area (Å²) in [7, 11) is 1.39. The summed E-state index contributed by atoms with van der Waals surface area (Å²) in [5.41, 5.74) is -0.429. The number of hydrogen-bond donors (Lipinski definition) is 2. The van der Waals surface area contributed by atoms with E-state index in [1.54, 1.807) is 6.08 Å². The lowest BCUT2D eigenvalue weighted by Gasteiger charge is -2.56. The van der Waals surface area contributed by atoms with Crippen molar-refractivity contribution in [1.29, 1.82) is 0 Å². The van der Waals surface area contributed by atoms with Crippen molar-refractivity contribution >= 4 is 11.8 Å². The Kier molecular flexibility index (Phi) is 3.27. The van der Waals surface area contributed by atoms with Gasteiger partial charge in [-0.3, -0.25) is 9.69 Å². The molecule has 142 valence electrons. The maximum atomic E-state index is 12.7. The third-order valence-electron chi connectivity index (χ3n) is 7.43. The van der Waals surface area contributed by atoms with E-state index in [9.17, 15) is 14.7 Å². The first-order valence-electron chi connectivity index (χ1n) is 9.60. The molecule has 0 bridgehead atoms. The molecule has 27 heavy (non-hydrogen) atoms. The molecule has 3 heterocycles. The summed E-state index contributed by atoms with van der Waals surface area (Å²) in [5.74, 6) is -0.517. The molecule has 4 atom stereocenters. The minimum atomic E-state index is -1.32. The van der Waals surface area contributed by atoms with Gasteiger partial charge in [0.15, 0.2) is 5.78 Å². The quantitative estimate of drug-likeness (QED) is 0.563. The van der Waals surface area contributed by atoms with Crippen LogP contribution in [0.2, 0.25) is 0 Å². The second kappa shape index (κ2) is 5.20. The van der Waals surface area contributed by atoms with Crippen molar-refractivity contribution in [3.8, 4) is 0 Å². The summed E-state index contributed by atoms with van der Waals surface area (Å²) in [4.78, 5) is 27.2. The van der Waals surface area contributed by atoms with Crippen LogP contribution < -0.4 is 5.32 Å². The van der Waals surface area contributed by atoms with Crippen molar-refractivity contribution in [2.75, 3.05) is 20.2 Å². The fourth-order valence-electron chi connectivity index (χ4n) is 6.32. The van der Waals surface area contributed by atoms with Crippen molar-refractivity contribution in [3.05, 3.63) is 47.3 Å². The van der Waals surface area contributed by atoms with Crippen LogP contribution in [0.3, 0.4) is 0 Å². The number of nitrogens with one attached hydrogen (secondary N) is 1. The summed E-state index contributed by atoms with van der Waals surface area (Å²) in [6, 6.07) is 0.0599. The Bertz CT molecular complexity index is 885. The molecule has 3 aliphatic heterocycles. The Balaban J connectivity index is 1.84. The van der Waals surface area contributed by atoms with Gasteiger partial charge in [-0.2, -0.15) is 0 Å². The van der Waals surface area contributed by atoms with Crippen LogP contribution in [0.15, 0.2) is 47.3 Å². The fraction of sp³-hybridized carbons (Fsp3) is 0.524. The van der Waals surface area contributed by atoms with Gasteiger partial charge in [-0.15, -0.1) is 0 Å². The van der Waals surface area contributed by atoms with Gasteiger partial charge in [0, 0.05) is 29.8 Å². The second-order valence-corrected chi connectivity index (χ2v) is 8.31. The van der Waals surface area contributed by atoms with Crippen LogP contribution in [0.5, 0.6) is 0 Å². The monoisotopic (exact) mass is 368 g/mol. The van der Waals surface area contributed by atoms with Crippen LogP contribution in [-0.4, -0.2) is 53.6 Å². The lowest BCUT2D eigenvalue weighted by Crippen LogP contribution is -2.62. The highest BCUT2D eigenvalue weighted by Crippen LogP contribution is 2.67. The molecule has 0 aromatic rings. The Labute approximate surface area is 158 Å². The van der Waals surface area contributed by atoms with Gasteiger partial charge in [0.05, 0.1) is 23.8 Å². The summed E-state index contributed by atoms with van der Waals surface area (Å²) >= 11 is 0. The molecule has 6 heteroatoms. The van der Waals surface area contributed by atoms with Crippen molar-refractivity contribution in [1.82, 2.24) is 10.2 Å². The molecule has 0 unspecified atom stereocenters. The first-order chi connectivity index (χ1) is 12.9. The van der Waals surface area contributed by atoms with E-state index in [0.717, 1.165) is 31.6 Å². The molecule has 2 saturated heterocycles. The topological polar surface area (TPSA) is 78.9 Å². The molecule has 5 rings (SSSR count). The van der Waals surface area contributed by atoms with E-state index >= 15 is 0 Å². The van der Waals surface area contributed by atoms with Gasteiger partial charge in [-0.05, 0) is 38.0 Å². The Morgan fingerprint density at radius 1 is 1.44 bits per heavy atom. The molecule has 0 saturated carbocycles. The molecule has 2 N–H and O–H groups in total. The average molecular weight is 368 g/mol. The lowest BCUT2D eigenvalue weighted by atomic mass is 9.52. The predicted octanol–water partition coefficient (Wildman–Crippen LogP) is 1.20. The van der Waals surface area contributed by atoms with E-state index in [1.165, 1.54) is 19.3 Å². The maximum absolute atomic E-state index is 12.7. The highest BCUT2D eigenvalue weighted by molar-refractivity contribution is 6.02. The highest BCUT2D eigenvalue weighted by atomic mass is 16.5. The normalized spacial score (nSPS) is 41.7. The third kappa shape index (κ3) is 1.78. The molecule has 0 radical (unpaired) electrons. The Hall–Kier alpha value is -2.18. The number of ether oxygens (including phenoxy) is 1. The highest BCUT2D eigenvalue weighted by Gasteiger charge is 2.73. The summed E-state index contributed by atoms with van der Waals surface area (Å²) in [6.07, 6.45) is 11.1.